The molecule has 1 N–H and O–H groups in total. The summed E-state index contributed by atoms with van der Waals surface area (Å²) >= 11 is 12.7. The van der Waals surface area contributed by atoms with Crippen LogP contribution in [-0.4, -0.2) is 28.5 Å². The van der Waals surface area contributed by atoms with Gasteiger partial charge in [0.05, 0.1) is 15.5 Å². The van der Waals surface area contributed by atoms with Gasteiger partial charge in [-0.05, 0) is 54.4 Å². The van der Waals surface area contributed by atoms with E-state index in [2.05, 4.69) is 4.98 Å². The van der Waals surface area contributed by atoms with Crippen molar-refractivity contribution in [1.29, 1.82) is 0 Å². The molecule has 0 aliphatic rings. The third-order valence-electron chi connectivity index (χ3n) is 5.01. The van der Waals surface area contributed by atoms with Crippen LogP contribution in [0, 0.1) is 6.92 Å². The number of pyridine rings is 1. The van der Waals surface area contributed by atoms with Gasteiger partial charge in [-0.3, -0.25) is 0 Å². The van der Waals surface area contributed by atoms with Gasteiger partial charge in [0.15, 0.2) is 5.65 Å². The number of fused-ring (bicyclic) bond motifs is 1. The molecule has 2 aromatic heterocycles. The van der Waals surface area contributed by atoms with E-state index in [1.54, 1.807) is 36.5 Å². The van der Waals surface area contributed by atoms with Crippen LogP contribution in [0.3, 0.4) is 0 Å². The first-order valence-electron chi connectivity index (χ1n) is 9.18. The minimum absolute atomic E-state index is 0.000645. The van der Waals surface area contributed by atoms with Crippen LogP contribution in [-0.2, 0) is 16.4 Å². The third kappa shape index (κ3) is 3.69. The number of rotatable bonds is 5. The predicted octanol–water partition coefficient (Wildman–Crippen LogP) is 5.18. The normalized spacial score (nSPS) is 11.7. The predicted molar refractivity (Wildman–Crippen MR) is 120 cm³/mol. The molecule has 0 saturated carbocycles. The van der Waals surface area contributed by atoms with Gasteiger partial charge in [0, 0.05) is 28.7 Å². The topological polar surface area (TPSA) is 89.3 Å². The van der Waals surface area contributed by atoms with Crippen LogP contribution in [0.2, 0.25) is 10.0 Å². The summed E-state index contributed by atoms with van der Waals surface area (Å²) in [6, 6.07) is 14.3. The van der Waals surface area contributed by atoms with Crippen molar-refractivity contribution in [2.24, 2.45) is 0 Å². The highest BCUT2D eigenvalue weighted by Crippen LogP contribution is 2.33. The molecule has 0 aliphatic heterocycles. The van der Waals surface area contributed by atoms with Gasteiger partial charge in [-0.1, -0.05) is 41.4 Å². The second-order valence-corrected chi connectivity index (χ2v) is 9.52. The van der Waals surface area contributed by atoms with Gasteiger partial charge in [0.2, 0.25) is 0 Å². The quantitative estimate of drug-likeness (QED) is 0.430. The lowest BCUT2D eigenvalue weighted by molar-refractivity contribution is 0.0697. The third-order valence-corrected chi connectivity index (χ3v) is 7.55. The molecule has 0 unspecified atom stereocenters. The molecule has 0 atom stereocenters. The zero-order valence-corrected chi connectivity index (χ0v) is 18.5. The summed E-state index contributed by atoms with van der Waals surface area (Å²) in [7, 11) is -3.99. The van der Waals surface area contributed by atoms with E-state index < -0.39 is 16.0 Å². The average molecular weight is 475 g/mol. The molecule has 0 spiro atoms. The fraction of sp³-hybridized carbons (Fsp3) is 0.0909. The lowest BCUT2D eigenvalue weighted by Crippen LogP contribution is -2.16. The van der Waals surface area contributed by atoms with Crippen molar-refractivity contribution >= 4 is 50.2 Å². The molecule has 0 saturated heterocycles. The first-order chi connectivity index (χ1) is 14.7. The van der Waals surface area contributed by atoms with Crippen molar-refractivity contribution in [3.63, 3.8) is 0 Å². The molecule has 31 heavy (non-hydrogen) atoms. The zero-order valence-electron chi connectivity index (χ0n) is 16.2. The molecule has 0 bridgehead atoms. The van der Waals surface area contributed by atoms with Gasteiger partial charge >= 0.3 is 5.97 Å². The van der Waals surface area contributed by atoms with E-state index in [1.165, 1.54) is 28.2 Å². The summed E-state index contributed by atoms with van der Waals surface area (Å²) in [4.78, 5) is 15.9. The van der Waals surface area contributed by atoms with Gasteiger partial charge in [-0.15, -0.1) is 0 Å². The first-order valence-corrected chi connectivity index (χ1v) is 11.4. The fourth-order valence-electron chi connectivity index (χ4n) is 3.45. The smallest absolute Gasteiger partial charge is 0.337 e. The molecular weight excluding hydrogens is 459 g/mol. The molecule has 0 amide bonds. The van der Waals surface area contributed by atoms with Crippen LogP contribution < -0.4 is 0 Å². The fourth-order valence-corrected chi connectivity index (χ4v) is 5.55. The number of halogens is 2. The van der Waals surface area contributed by atoms with Gasteiger partial charge < -0.3 is 5.11 Å². The number of aryl methyl sites for hydroxylation is 1. The number of carbonyl (C=O) groups is 1. The lowest BCUT2D eigenvalue weighted by atomic mass is 10.1. The van der Waals surface area contributed by atoms with Crippen molar-refractivity contribution in [2.75, 3.05) is 0 Å². The molecular formula is C22H16Cl2N2O4S. The maximum absolute atomic E-state index is 13.5. The molecule has 0 fully saturated rings. The standard InChI is InChI=1S/C22H16Cl2N2O4S/c1-13-9-10-25-21-17(13)11-14(26(21)31(29,30)15-5-3-2-4-6-15)12-18-19(23)8-7-16(20(18)24)22(27)28/h2-11H,12H2,1H3,(H,27,28). The van der Waals surface area contributed by atoms with Gasteiger partial charge in [-0.2, -0.15) is 0 Å². The van der Waals surface area contributed by atoms with Gasteiger partial charge in [0.1, 0.15) is 0 Å². The van der Waals surface area contributed by atoms with E-state index in [4.69, 9.17) is 23.2 Å². The summed E-state index contributed by atoms with van der Waals surface area (Å²) in [5.41, 5.74) is 1.72. The van der Waals surface area contributed by atoms with Crippen LogP contribution in [0.5, 0.6) is 0 Å². The van der Waals surface area contributed by atoms with Crippen LogP contribution in [0.15, 0.2) is 65.7 Å². The van der Waals surface area contributed by atoms with Crippen LogP contribution in [0.25, 0.3) is 11.0 Å². The molecule has 0 radical (unpaired) electrons. The van der Waals surface area contributed by atoms with E-state index in [0.717, 1.165) is 5.56 Å². The van der Waals surface area contributed by atoms with Crippen molar-refractivity contribution in [3.05, 3.63) is 93.2 Å². The second-order valence-electron chi connectivity index (χ2n) is 6.95. The number of aromatic nitrogens is 2. The number of carboxylic acids is 1. The van der Waals surface area contributed by atoms with Gasteiger partial charge in [0.25, 0.3) is 10.0 Å². The zero-order chi connectivity index (χ0) is 22.3. The summed E-state index contributed by atoms with van der Waals surface area (Å²) < 4.78 is 28.2. The highest BCUT2D eigenvalue weighted by Gasteiger charge is 2.26. The number of hydrogen-bond donors (Lipinski definition) is 1. The summed E-state index contributed by atoms with van der Waals surface area (Å²) in [5.74, 6) is -1.20. The Hall–Kier alpha value is -2.87. The Bertz CT molecular complexity index is 1430. The molecule has 158 valence electrons. The van der Waals surface area contributed by atoms with Crippen LogP contribution in [0.1, 0.15) is 27.2 Å². The number of nitrogens with zero attached hydrogens (tertiary/aromatic N) is 2. The van der Waals surface area contributed by atoms with Crippen LogP contribution in [0.4, 0.5) is 0 Å². The van der Waals surface area contributed by atoms with Gasteiger partial charge in [-0.25, -0.2) is 22.2 Å². The molecule has 2 aromatic carbocycles. The Balaban J connectivity index is 1.99. The molecule has 2 heterocycles. The molecule has 4 rings (SSSR count). The Kier molecular flexibility index (Phi) is 5.51. The summed E-state index contributed by atoms with van der Waals surface area (Å²) in [6.45, 7) is 1.86. The van der Waals surface area contributed by atoms with E-state index >= 15 is 0 Å². The van der Waals surface area contributed by atoms with Crippen molar-refractivity contribution < 1.29 is 18.3 Å². The monoisotopic (exact) mass is 474 g/mol. The molecule has 9 heteroatoms. The SMILES string of the molecule is Cc1ccnc2c1cc(Cc1c(Cl)ccc(C(=O)O)c1Cl)n2S(=O)(=O)c1ccccc1. The Morgan fingerprint density at radius 3 is 2.48 bits per heavy atom. The van der Waals surface area contributed by atoms with Crippen molar-refractivity contribution in [2.45, 2.75) is 18.2 Å². The minimum Gasteiger partial charge on any atom is -0.478 e. The largest absolute Gasteiger partial charge is 0.478 e. The maximum atomic E-state index is 13.5. The maximum Gasteiger partial charge on any atom is 0.337 e. The number of benzene rings is 2. The summed E-state index contributed by atoms with van der Waals surface area (Å²) in [6.07, 6.45) is 1.55. The van der Waals surface area contributed by atoms with Crippen molar-refractivity contribution in [3.8, 4) is 0 Å². The number of hydrogen-bond acceptors (Lipinski definition) is 4. The highest BCUT2D eigenvalue weighted by atomic mass is 35.5. The number of aromatic carboxylic acids is 1. The van der Waals surface area contributed by atoms with E-state index in [0.29, 0.717) is 16.6 Å². The summed E-state index contributed by atoms with van der Waals surface area (Å²) in [5, 5.41) is 10.3. The molecule has 0 aliphatic carbocycles. The van der Waals surface area contributed by atoms with E-state index in [1.807, 2.05) is 6.92 Å². The minimum atomic E-state index is -3.99. The van der Waals surface area contributed by atoms with E-state index in [-0.39, 0.29) is 32.6 Å². The number of carboxylic acid groups (broad SMARTS) is 1. The Labute approximate surface area is 188 Å². The first kappa shape index (κ1) is 21.4. The lowest BCUT2D eigenvalue weighted by Gasteiger charge is -2.14. The highest BCUT2D eigenvalue weighted by molar-refractivity contribution is 7.90. The van der Waals surface area contributed by atoms with E-state index in [9.17, 15) is 18.3 Å². The Morgan fingerprint density at radius 1 is 1.10 bits per heavy atom. The second kappa shape index (κ2) is 8.00. The van der Waals surface area contributed by atoms with Crippen molar-refractivity contribution in [1.82, 2.24) is 8.96 Å². The molecule has 4 aromatic rings. The van der Waals surface area contributed by atoms with Crippen LogP contribution >= 0.6 is 23.2 Å². The average Bonchev–Trinajstić information content (AvgIpc) is 3.12. The molecule has 6 nitrogen and oxygen atoms in total. The Morgan fingerprint density at radius 2 is 1.81 bits per heavy atom.